The number of likely N-dealkylation sites (tertiary alicyclic amines) is 1. The molecule has 4 heterocycles. The standard InChI is InChI=1S/C20H25N5O2/c1-27-18-11-17(22-15-23-18)24-10-4-7-20(13-24)8-6-19(26)25(14-20)12-16-5-2-3-9-21-16/h2-3,5,9,11,15H,4,6-8,10,12-14H2,1H3/t20-/m0/s1. The van der Waals surface area contributed by atoms with Crippen molar-refractivity contribution >= 4 is 11.7 Å². The number of hydrogen-bond acceptors (Lipinski definition) is 6. The van der Waals surface area contributed by atoms with Gasteiger partial charge in [0.1, 0.15) is 12.1 Å². The van der Waals surface area contributed by atoms with E-state index in [4.69, 9.17) is 4.74 Å². The van der Waals surface area contributed by atoms with E-state index in [2.05, 4.69) is 19.9 Å². The minimum Gasteiger partial charge on any atom is -0.481 e. The highest BCUT2D eigenvalue weighted by molar-refractivity contribution is 5.77. The Balaban J connectivity index is 1.50. The second-order valence-electron chi connectivity index (χ2n) is 7.51. The number of rotatable bonds is 4. The van der Waals surface area contributed by atoms with Crippen molar-refractivity contribution < 1.29 is 9.53 Å². The van der Waals surface area contributed by atoms with Crippen molar-refractivity contribution in [1.82, 2.24) is 19.9 Å². The van der Waals surface area contributed by atoms with E-state index in [-0.39, 0.29) is 11.3 Å². The Kier molecular flexibility index (Phi) is 4.92. The zero-order chi connectivity index (χ0) is 18.7. The molecule has 7 nitrogen and oxygen atoms in total. The van der Waals surface area contributed by atoms with Crippen LogP contribution in [0.25, 0.3) is 0 Å². The fourth-order valence-electron chi connectivity index (χ4n) is 4.28. The van der Waals surface area contributed by atoms with E-state index < -0.39 is 0 Å². The second kappa shape index (κ2) is 7.50. The number of methoxy groups -OCH3 is 1. The summed E-state index contributed by atoms with van der Waals surface area (Å²) in [5.41, 5.74) is 1.05. The van der Waals surface area contributed by atoms with E-state index in [1.54, 1.807) is 19.6 Å². The van der Waals surface area contributed by atoms with Gasteiger partial charge in [-0.15, -0.1) is 0 Å². The first kappa shape index (κ1) is 17.7. The van der Waals surface area contributed by atoms with Gasteiger partial charge in [0.2, 0.25) is 11.8 Å². The van der Waals surface area contributed by atoms with Crippen LogP contribution in [0.5, 0.6) is 5.88 Å². The molecule has 0 unspecified atom stereocenters. The van der Waals surface area contributed by atoms with E-state index in [9.17, 15) is 4.79 Å². The molecule has 1 atom stereocenters. The normalized spacial score (nSPS) is 22.9. The number of ether oxygens (including phenoxy) is 1. The van der Waals surface area contributed by atoms with E-state index in [1.807, 2.05) is 29.2 Å². The lowest BCUT2D eigenvalue weighted by atomic mass is 9.73. The lowest BCUT2D eigenvalue weighted by Gasteiger charge is -2.48. The van der Waals surface area contributed by atoms with Crippen LogP contribution in [0.4, 0.5) is 5.82 Å². The van der Waals surface area contributed by atoms with E-state index >= 15 is 0 Å². The maximum atomic E-state index is 12.5. The summed E-state index contributed by atoms with van der Waals surface area (Å²) in [6.45, 7) is 3.24. The third-order valence-corrected chi connectivity index (χ3v) is 5.65. The minimum atomic E-state index is 0.110. The number of aromatic nitrogens is 3. The van der Waals surface area contributed by atoms with Crippen LogP contribution < -0.4 is 9.64 Å². The van der Waals surface area contributed by atoms with Gasteiger partial charge in [0.25, 0.3) is 0 Å². The SMILES string of the molecule is COc1cc(N2CCC[C@]3(CCC(=O)N(Cc4ccccn4)C3)C2)ncn1. The molecule has 7 heteroatoms. The Morgan fingerprint density at radius 2 is 2.11 bits per heavy atom. The summed E-state index contributed by atoms with van der Waals surface area (Å²) in [6, 6.07) is 7.74. The summed E-state index contributed by atoms with van der Waals surface area (Å²) in [6.07, 6.45) is 7.10. The van der Waals surface area contributed by atoms with E-state index in [0.717, 1.165) is 50.4 Å². The molecule has 0 saturated carbocycles. The quantitative estimate of drug-likeness (QED) is 0.826. The molecule has 1 amide bonds. The summed E-state index contributed by atoms with van der Waals surface area (Å²) in [5.74, 6) is 1.71. The maximum Gasteiger partial charge on any atom is 0.222 e. The van der Waals surface area contributed by atoms with Gasteiger partial charge < -0.3 is 14.5 Å². The summed E-state index contributed by atoms with van der Waals surface area (Å²) in [4.78, 5) is 29.7. The molecule has 2 aromatic heterocycles. The molecule has 142 valence electrons. The minimum absolute atomic E-state index is 0.110. The molecule has 0 N–H and O–H groups in total. The Morgan fingerprint density at radius 3 is 2.93 bits per heavy atom. The summed E-state index contributed by atoms with van der Waals surface area (Å²) in [7, 11) is 1.62. The molecular weight excluding hydrogens is 342 g/mol. The first-order valence-electron chi connectivity index (χ1n) is 9.46. The number of amides is 1. The third kappa shape index (κ3) is 3.86. The van der Waals surface area contributed by atoms with Crippen molar-refractivity contribution in [1.29, 1.82) is 0 Å². The fraction of sp³-hybridized carbons (Fsp3) is 0.500. The van der Waals surface area contributed by atoms with Gasteiger partial charge in [0.05, 0.1) is 19.3 Å². The summed E-state index contributed by atoms with van der Waals surface area (Å²) in [5, 5.41) is 0. The van der Waals surface area contributed by atoms with Crippen LogP contribution in [0.15, 0.2) is 36.8 Å². The van der Waals surface area contributed by atoms with Crippen LogP contribution in [0.3, 0.4) is 0 Å². The molecule has 0 aliphatic carbocycles. The lowest BCUT2D eigenvalue weighted by molar-refractivity contribution is -0.138. The van der Waals surface area contributed by atoms with Crippen LogP contribution >= 0.6 is 0 Å². The van der Waals surface area contributed by atoms with Gasteiger partial charge in [-0.3, -0.25) is 9.78 Å². The van der Waals surface area contributed by atoms with Gasteiger partial charge in [-0.05, 0) is 31.4 Å². The van der Waals surface area contributed by atoms with Crippen molar-refractivity contribution in [2.24, 2.45) is 5.41 Å². The molecule has 2 aliphatic rings. The van der Waals surface area contributed by atoms with Crippen LogP contribution in [0.1, 0.15) is 31.4 Å². The molecular formula is C20H25N5O2. The van der Waals surface area contributed by atoms with Crippen LogP contribution in [-0.2, 0) is 11.3 Å². The molecule has 2 aliphatic heterocycles. The number of hydrogen-bond donors (Lipinski definition) is 0. The smallest absolute Gasteiger partial charge is 0.222 e. The predicted molar refractivity (Wildman–Crippen MR) is 101 cm³/mol. The monoisotopic (exact) mass is 367 g/mol. The number of carbonyl (C=O) groups is 1. The van der Waals surface area contributed by atoms with Gasteiger partial charge in [0.15, 0.2) is 0 Å². The lowest BCUT2D eigenvalue weighted by Crippen LogP contribution is -2.54. The molecule has 2 fully saturated rings. The largest absolute Gasteiger partial charge is 0.481 e. The third-order valence-electron chi connectivity index (χ3n) is 5.65. The molecule has 2 saturated heterocycles. The van der Waals surface area contributed by atoms with Crippen LogP contribution in [0, 0.1) is 5.41 Å². The van der Waals surface area contributed by atoms with Crippen LogP contribution in [0.2, 0.25) is 0 Å². The zero-order valence-electron chi connectivity index (χ0n) is 15.7. The number of anilines is 1. The van der Waals surface area contributed by atoms with Crippen molar-refractivity contribution in [3.8, 4) is 5.88 Å². The van der Waals surface area contributed by atoms with E-state index in [0.29, 0.717) is 18.8 Å². The Morgan fingerprint density at radius 1 is 1.19 bits per heavy atom. The Bertz CT molecular complexity index is 800. The van der Waals surface area contributed by atoms with E-state index in [1.165, 1.54) is 0 Å². The van der Waals surface area contributed by atoms with Gasteiger partial charge in [0, 0.05) is 43.7 Å². The molecule has 0 bridgehead atoms. The highest BCUT2D eigenvalue weighted by atomic mass is 16.5. The number of nitrogens with zero attached hydrogens (tertiary/aromatic N) is 5. The Hall–Kier alpha value is -2.70. The van der Waals surface area contributed by atoms with Crippen LogP contribution in [-0.4, -0.2) is 52.5 Å². The van der Waals surface area contributed by atoms with Crippen molar-refractivity contribution in [2.75, 3.05) is 31.6 Å². The fourth-order valence-corrected chi connectivity index (χ4v) is 4.28. The Labute approximate surface area is 159 Å². The number of carbonyl (C=O) groups excluding carboxylic acids is 1. The molecule has 1 spiro atoms. The van der Waals surface area contributed by atoms with Crippen molar-refractivity contribution in [3.63, 3.8) is 0 Å². The van der Waals surface area contributed by atoms with Gasteiger partial charge in [-0.1, -0.05) is 6.07 Å². The zero-order valence-corrected chi connectivity index (χ0v) is 15.7. The predicted octanol–water partition coefficient (Wildman–Crippen LogP) is 2.29. The maximum absolute atomic E-state index is 12.5. The second-order valence-corrected chi connectivity index (χ2v) is 7.51. The van der Waals surface area contributed by atoms with Gasteiger partial charge in [-0.2, -0.15) is 0 Å². The number of piperidine rings is 2. The molecule has 0 aromatic carbocycles. The van der Waals surface area contributed by atoms with Gasteiger partial charge >= 0.3 is 0 Å². The molecule has 27 heavy (non-hydrogen) atoms. The number of pyridine rings is 1. The van der Waals surface area contributed by atoms with Crippen molar-refractivity contribution in [2.45, 2.75) is 32.2 Å². The summed E-state index contributed by atoms with van der Waals surface area (Å²) < 4.78 is 5.24. The van der Waals surface area contributed by atoms with Gasteiger partial charge in [-0.25, -0.2) is 9.97 Å². The first-order chi connectivity index (χ1) is 13.2. The molecule has 2 aromatic rings. The highest BCUT2D eigenvalue weighted by Gasteiger charge is 2.42. The molecule has 4 rings (SSSR count). The molecule has 0 radical (unpaired) electrons. The summed E-state index contributed by atoms with van der Waals surface area (Å²) >= 11 is 0. The topological polar surface area (TPSA) is 71.5 Å². The average Bonchev–Trinajstić information content (AvgIpc) is 2.72. The van der Waals surface area contributed by atoms with Crippen molar-refractivity contribution in [3.05, 3.63) is 42.5 Å². The average molecular weight is 367 g/mol. The first-order valence-corrected chi connectivity index (χ1v) is 9.46. The highest BCUT2D eigenvalue weighted by Crippen LogP contribution is 2.40.